The van der Waals surface area contributed by atoms with Gasteiger partial charge < -0.3 is 14.4 Å². The van der Waals surface area contributed by atoms with Crippen molar-refractivity contribution in [2.75, 3.05) is 22.8 Å². The smallest absolute Gasteiger partial charge is 0.262 e. The maximum absolute atomic E-state index is 13.2. The van der Waals surface area contributed by atoms with Gasteiger partial charge in [0, 0.05) is 23.7 Å². The molecule has 0 radical (unpaired) electrons. The molecular formula is C24H30N2O5S. The van der Waals surface area contributed by atoms with Crippen LogP contribution in [0.1, 0.15) is 45.6 Å². The Morgan fingerprint density at radius 2 is 1.84 bits per heavy atom. The molecule has 1 amide bonds. The lowest BCUT2D eigenvalue weighted by Crippen LogP contribution is -2.42. The van der Waals surface area contributed by atoms with E-state index in [0.29, 0.717) is 36.8 Å². The van der Waals surface area contributed by atoms with Crippen LogP contribution in [0.3, 0.4) is 0 Å². The minimum Gasteiger partial charge on any atom is -0.494 e. The molecule has 1 aliphatic carbocycles. The Labute approximate surface area is 189 Å². The van der Waals surface area contributed by atoms with Gasteiger partial charge in [-0.2, -0.15) is 0 Å². The average molecular weight is 459 g/mol. The number of anilines is 2. The Bertz CT molecular complexity index is 1110. The van der Waals surface area contributed by atoms with Gasteiger partial charge in [-0.05, 0) is 75.9 Å². The quantitative estimate of drug-likeness (QED) is 0.635. The summed E-state index contributed by atoms with van der Waals surface area (Å²) in [6.45, 7) is 6.60. The van der Waals surface area contributed by atoms with E-state index in [0.717, 1.165) is 30.5 Å². The second kappa shape index (κ2) is 9.02. The molecule has 1 N–H and O–H groups in total. The number of nitrogens with zero attached hydrogens (tertiary/aromatic N) is 1. The number of rotatable bonds is 8. The number of benzene rings is 2. The van der Waals surface area contributed by atoms with E-state index in [1.54, 1.807) is 36.4 Å². The second-order valence-electron chi connectivity index (χ2n) is 8.31. The van der Waals surface area contributed by atoms with Crippen molar-refractivity contribution in [2.45, 2.75) is 57.4 Å². The van der Waals surface area contributed by atoms with Crippen LogP contribution in [0.2, 0.25) is 0 Å². The first-order valence-corrected chi connectivity index (χ1v) is 12.7. The molecule has 0 spiro atoms. The first kappa shape index (κ1) is 22.5. The Balaban J connectivity index is 1.61. The maximum atomic E-state index is 13.2. The van der Waals surface area contributed by atoms with E-state index in [-0.39, 0.29) is 22.8 Å². The number of nitrogens with one attached hydrogen (secondary N) is 1. The van der Waals surface area contributed by atoms with E-state index >= 15 is 0 Å². The summed E-state index contributed by atoms with van der Waals surface area (Å²) in [4.78, 5) is 14.9. The summed E-state index contributed by atoms with van der Waals surface area (Å²) in [7, 11) is -3.86. The predicted octanol–water partition coefficient (Wildman–Crippen LogP) is 4.36. The lowest BCUT2D eigenvalue weighted by Gasteiger charge is -2.32. The number of amides is 1. The van der Waals surface area contributed by atoms with E-state index in [9.17, 15) is 13.2 Å². The van der Waals surface area contributed by atoms with Crippen LogP contribution in [-0.4, -0.2) is 33.6 Å². The summed E-state index contributed by atoms with van der Waals surface area (Å²) >= 11 is 0. The molecule has 1 atom stereocenters. The van der Waals surface area contributed by atoms with Crippen molar-refractivity contribution in [2.24, 2.45) is 5.92 Å². The van der Waals surface area contributed by atoms with Crippen molar-refractivity contribution in [1.29, 1.82) is 0 Å². The summed E-state index contributed by atoms with van der Waals surface area (Å²) < 4.78 is 40.1. The largest absolute Gasteiger partial charge is 0.494 e. The molecule has 4 rings (SSSR count). The molecular weight excluding hydrogens is 428 g/mol. The number of sulfonamides is 1. The molecule has 0 unspecified atom stereocenters. The number of carbonyl (C=O) groups is 1. The Morgan fingerprint density at radius 3 is 2.50 bits per heavy atom. The number of fused-ring (bicyclic) bond motifs is 1. The zero-order chi connectivity index (χ0) is 22.9. The summed E-state index contributed by atoms with van der Waals surface area (Å²) in [5.41, 5.74) is 2.02. The number of hydrogen-bond donors (Lipinski definition) is 1. The van der Waals surface area contributed by atoms with Crippen LogP contribution < -0.4 is 19.1 Å². The van der Waals surface area contributed by atoms with E-state index in [4.69, 9.17) is 9.47 Å². The summed E-state index contributed by atoms with van der Waals surface area (Å²) in [5.74, 6) is 1.25. The SMILES string of the molecule is CCOc1ccc(OCC)c(NS(=O)(=O)c2ccc3c(c2)C[C@H](C)N3C(=O)C2CCC2)c1. The van der Waals surface area contributed by atoms with Gasteiger partial charge in [0.1, 0.15) is 11.5 Å². The van der Waals surface area contributed by atoms with Gasteiger partial charge in [-0.25, -0.2) is 8.42 Å². The van der Waals surface area contributed by atoms with Gasteiger partial charge in [0.05, 0.1) is 23.8 Å². The van der Waals surface area contributed by atoms with Crippen molar-refractivity contribution >= 4 is 27.3 Å². The third kappa shape index (κ3) is 4.28. The predicted molar refractivity (Wildman–Crippen MR) is 124 cm³/mol. The Kier molecular flexibility index (Phi) is 6.33. The second-order valence-corrected chi connectivity index (χ2v) is 9.99. The van der Waals surface area contributed by atoms with Crippen LogP contribution in [0, 0.1) is 5.92 Å². The van der Waals surface area contributed by atoms with Gasteiger partial charge in [0.25, 0.3) is 10.0 Å². The molecule has 7 nitrogen and oxygen atoms in total. The first-order chi connectivity index (χ1) is 15.3. The highest BCUT2D eigenvalue weighted by molar-refractivity contribution is 7.92. The Morgan fingerprint density at radius 1 is 1.09 bits per heavy atom. The normalized spacial score (nSPS) is 18.1. The molecule has 0 bridgehead atoms. The van der Waals surface area contributed by atoms with Crippen LogP contribution in [0.25, 0.3) is 0 Å². The Hall–Kier alpha value is -2.74. The van der Waals surface area contributed by atoms with Gasteiger partial charge in [0.15, 0.2) is 0 Å². The lowest BCUT2D eigenvalue weighted by molar-refractivity contribution is -0.125. The topological polar surface area (TPSA) is 84.9 Å². The molecule has 2 aromatic rings. The van der Waals surface area contributed by atoms with Gasteiger partial charge in [-0.15, -0.1) is 0 Å². The molecule has 172 valence electrons. The molecule has 1 heterocycles. The number of hydrogen-bond acceptors (Lipinski definition) is 5. The van der Waals surface area contributed by atoms with Crippen molar-refractivity contribution in [3.05, 3.63) is 42.0 Å². The first-order valence-electron chi connectivity index (χ1n) is 11.2. The molecule has 1 saturated carbocycles. The fraction of sp³-hybridized carbons (Fsp3) is 0.458. The minimum atomic E-state index is -3.86. The fourth-order valence-corrected chi connectivity index (χ4v) is 5.40. The van der Waals surface area contributed by atoms with Crippen LogP contribution in [0.15, 0.2) is 41.3 Å². The molecule has 1 aliphatic heterocycles. The van der Waals surface area contributed by atoms with Crippen LogP contribution in [0.4, 0.5) is 11.4 Å². The average Bonchev–Trinajstić information content (AvgIpc) is 3.03. The van der Waals surface area contributed by atoms with Crippen molar-refractivity contribution < 1.29 is 22.7 Å². The fourth-order valence-electron chi connectivity index (χ4n) is 4.29. The van der Waals surface area contributed by atoms with Gasteiger partial charge in [-0.3, -0.25) is 9.52 Å². The zero-order valence-corrected chi connectivity index (χ0v) is 19.6. The highest BCUT2D eigenvalue weighted by atomic mass is 32.2. The molecule has 1 fully saturated rings. The van der Waals surface area contributed by atoms with Crippen molar-refractivity contribution in [1.82, 2.24) is 0 Å². The van der Waals surface area contributed by atoms with Crippen molar-refractivity contribution in [3.8, 4) is 11.5 Å². The molecule has 32 heavy (non-hydrogen) atoms. The summed E-state index contributed by atoms with van der Waals surface area (Å²) in [6.07, 6.45) is 3.62. The highest BCUT2D eigenvalue weighted by Gasteiger charge is 2.37. The van der Waals surface area contributed by atoms with Crippen LogP contribution in [-0.2, 0) is 21.2 Å². The third-order valence-electron chi connectivity index (χ3n) is 6.07. The monoisotopic (exact) mass is 458 g/mol. The lowest BCUT2D eigenvalue weighted by atomic mass is 9.84. The van der Waals surface area contributed by atoms with Crippen LogP contribution in [0.5, 0.6) is 11.5 Å². The summed E-state index contributed by atoms with van der Waals surface area (Å²) in [5, 5.41) is 0. The van der Waals surface area contributed by atoms with Crippen LogP contribution >= 0.6 is 0 Å². The van der Waals surface area contributed by atoms with E-state index in [1.807, 2.05) is 25.7 Å². The van der Waals surface area contributed by atoms with Crippen molar-refractivity contribution in [3.63, 3.8) is 0 Å². The number of ether oxygens (including phenoxy) is 2. The number of carbonyl (C=O) groups excluding carboxylic acids is 1. The van der Waals surface area contributed by atoms with Gasteiger partial charge in [0.2, 0.25) is 5.91 Å². The molecule has 2 aliphatic rings. The molecule has 0 saturated heterocycles. The molecule has 8 heteroatoms. The molecule has 2 aromatic carbocycles. The minimum absolute atomic E-state index is 0.0245. The van der Waals surface area contributed by atoms with E-state index in [2.05, 4.69) is 4.72 Å². The summed E-state index contributed by atoms with van der Waals surface area (Å²) in [6, 6.07) is 10.1. The standard InChI is InChI=1S/C24H30N2O5S/c1-4-30-19-9-12-23(31-5-2)21(15-19)25-32(28,29)20-10-11-22-18(14-20)13-16(3)26(22)24(27)17-7-6-8-17/h9-12,14-17,25H,4-8,13H2,1-3H3/t16-/m0/s1. The van der Waals surface area contributed by atoms with E-state index in [1.165, 1.54) is 0 Å². The highest BCUT2D eigenvalue weighted by Crippen LogP contribution is 2.39. The maximum Gasteiger partial charge on any atom is 0.262 e. The van der Waals surface area contributed by atoms with E-state index < -0.39 is 10.0 Å². The molecule has 0 aromatic heterocycles. The zero-order valence-electron chi connectivity index (χ0n) is 18.8. The van der Waals surface area contributed by atoms with Gasteiger partial charge >= 0.3 is 0 Å². The third-order valence-corrected chi connectivity index (χ3v) is 7.44. The van der Waals surface area contributed by atoms with Gasteiger partial charge in [-0.1, -0.05) is 6.42 Å².